The average Bonchev–Trinajstić information content (AvgIpc) is 3.32. The maximum absolute atomic E-state index is 12.4. The molecule has 33 heavy (non-hydrogen) atoms. The number of piperazine rings is 1. The monoisotopic (exact) mass is 508 g/mol. The van der Waals surface area contributed by atoms with Crippen molar-refractivity contribution < 1.29 is 17.8 Å². The van der Waals surface area contributed by atoms with Gasteiger partial charge in [-0.2, -0.15) is 12.8 Å². The van der Waals surface area contributed by atoms with E-state index in [0.29, 0.717) is 24.2 Å². The largest absolute Gasteiger partial charge is 0.353 e. The van der Waals surface area contributed by atoms with Gasteiger partial charge in [0.1, 0.15) is 5.82 Å². The number of rotatable bonds is 4. The smallest absolute Gasteiger partial charge is 0.261 e. The molecule has 0 saturated carbocycles. The minimum Gasteiger partial charge on any atom is -0.353 e. The van der Waals surface area contributed by atoms with Crippen LogP contribution in [0, 0.1) is 0 Å². The molecule has 1 amide bonds. The van der Waals surface area contributed by atoms with Gasteiger partial charge in [0.25, 0.3) is 10.1 Å². The lowest BCUT2D eigenvalue weighted by atomic mass is 10.2. The maximum Gasteiger partial charge on any atom is 0.261 e. The normalized spacial score (nSPS) is 16.6. The lowest BCUT2D eigenvalue weighted by molar-refractivity contribution is -0.117. The van der Waals surface area contributed by atoms with Crippen molar-refractivity contribution in [3.05, 3.63) is 53.1 Å². The van der Waals surface area contributed by atoms with E-state index in [1.54, 1.807) is 11.5 Å². The zero-order valence-corrected chi connectivity index (χ0v) is 20.5. The predicted octanol–water partition coefficient (Wildman–Crippen LogP) is 3.17. The van der Waals surface area contributed by atoms with E-state index in [1.165, 1.54) is 10.1 Å². The first kappa shape index (κ1) is 23.9. The Kier molecular flexibility index (Phi) is 7.20. The first-order chi connectivity index (χ1) is 15.7. The van der Waals surface area contributed by atoms with Gasteiger partial charge in [-0.05, 0) is 41.4 Å². The molecule has 3 heterocycles. The molecule has 176 valence electrons. The third kappa shape index (κ3) is 6.01. The molecule has 1 aromatic heterocycles. The van der Waals surface area contributed by atoms with Crippen molar-refractivity contribution in [2.24, 2.45) is 0 Å². The second kappa shape index (κ2) is 9.94. The number of hydrogen-bond donors (Lipinski definition) is 1. The summed E-state index contributed by atoms with van der Waals surface area (Å²) in [7, 11) is -3.67. The summed E-state index contributed by atoms with van der Waals surface area (Å²) in [6.07, 6.45) is 1.20. The van der Waals surface area contributed by atoms with Crippen LogP contribution in [0.15, 0.2) is 42.5 Å². The molecule has 0 radical (unpaired) electrons. The molecule has 0 unspecified atom stereocenters. The summed E-state index contributed by atoms with van der Waals surface area (Å²) < 4.78 is 31.8. The van der Waals surface area contributed by atoms with Crippen molar-refractivity contribution in [1.82, 2.24) is 9.27 Å². The number of carbonyl (C=O) groups excluding carboxylic acids is 1. The van der Waals surface area contributed by atoms with Gasteiger partial charge in [0.15, 0.2) is 0 Å². The molecule has 2 aliphatic rings. The van der Waals surface area contributed by atoms with Crippen molar-refractivity contribution in [1.29, 1.82) is 0 Å². The number of halogens is 1. The van der Waals surface area contributed by atoms with Crippen LogP contribution >= 0.6 is 23.1 Å². The van der Waals surface area contributed by atoms with E-state index in [-0.39, 0.29) is 5.91 Å². The fraction of sp³-hybridized carbons (Fsp3) is 0.364. The van der Waals surface area contributed by atoms with E-state index in [4.69, 9.17) is 16.2 Å². The minimum absolute atomic E-state index is 0.171. The van der Waals surface area contributed by atoms with Crippen LogP contribution in [0.5, 0.6) is 0 Å². The molecule has 1 fully saturated rings. The molecule has 1 N–H and O–H groups in total. The molecule has 0 aliphatic carbocycles. The van der Waals surface area contributed by atoms with Crippen LogP contribution in [0.1, 0.15) is 5.56 Å². The Labute approximate surface area is 202 Å². The van der Waals surface area contributed by atoms with E-state index in [2.05, 4.69) is 38.4 Å². The van der Waals surface area contributed by atoms with E-state index in [9.17, 15) is 13.2 Å². The van der Waals surface area contributed by atoms with Crippen molar-refractivity contribution in [2.45, 2.75) is 6.42 Å². The molecule has 0 atom stereocenters. The van der Waals surface area contributed by atoms with Gasteiger partial charge in [0, 0.05) is 55.4 Å². The van der Waals surface area contributed by atoms with Crippen LogP contribution in [0.25, 0.3) is 10.1 Å². The Morgan fingerprint density at radius 1 is 1.09 bits per heavy atom. The summed E-state index contributed by atoms with van der Waals surface area (Å²) in [5.41, 5.74) is 2.06. The molecular formula is C22H25ClN4O4S2. The van der Waals surface area contributed by atoms with E-state index in [0.717, 1.165) is 49.8 Å². The number of carbonyl (C=O) groups is 1. The maximum atomic E-state index is 12.4. The Hall–Kier alpha value is -2.24. The van der Waals surface area contributed by atoms with E-state index < -0.39 is 10.1 Å². The van der Waals surface area contributed by atoms with Gasteiger partial charge in [-0.3, -0.25) is 14.2 Å². The summed E-state index contributed by atoms with van der Waals surface area (Å²) in [6.45, 7) is 5.48. The first-order valence-corrected chi connectivity index (χ1v) is 13.5. The molecule has 0 bridgehead atoms. The molecule has 2 aromatic carbocycles. The van der Waals surface area contributed by atoms with Gasteiger partial charge in [-0.15, -0.1) is 0 Å². The topological polar surface area (TPSA) is 94.0 Å². The van der Waals surface area contributed by atoms with Crippen LogP contribution in [-0.2, 0) is 21.3 Å². The lowest BCUT2D eigenvalue weighted by Gasteiger charge is -2.35. The molecule has 11 heteroatoms. The van der Waals surface area contributed by atoms with Crippen LogP contribution in [0.2, 0.25) is 5.02 Å². The fourth-order valence-corrected chi connectivity index (χ4v) is 5.06. The zero-order valence-electron chi connectivity index (χ0n) is 18.1. The van der Waals surface area contributed by atoms with Crippen LogP contribution in [-0.4, -0.2) is 73.7 Å². The summed E-state index contributed by atoms with van der Waals surface area (Å²) >= 11 is 7.70. The molecule has 5 rings (SSSR count). The Bertz CT molecular complexity index is 1250. The standard InChI is InChI=1S/C21H21ClN4OS.CH4O3S/c22-16-6-5-15-13-20(27)26(18(15)14-16)12-9-24-7-10-25(11-8-24)21-17-3-1-2-4-19(17)28-23-21;1-5(2,3)4/h1-6,14H,7-13H2;1H3,(H,2,3,4). The quantitative estimate of drug-likeness (QED) is 0.541. The predicted molar refractivity (Wildman–Crippen MR) is 133 cm³/mol. The number of benzene rings is 2. The fourth-order valence-electron chi connectivity index (χ4n) is 4.10. The van der Waals surface area contributed by atoms with Gasteiger partial charge in [0.05, 0.1) is 17.4 Å². The average molecular weight is 509 g/mol. The van der Waals surface area contributed by atoms with Gasteiger partial charge in [-0.1, -0.05) is 29.8 Å². The zero-order chi connectivity index (χ0) is 23.6. The highest BCUT2D eigenvalue weighted by atomic mass is 35.5. The minimum atomic E-state index is -3.67. The van der Waals surface area contributed by atoms with Crippen LogP contribution in [0.3, 0.4) is 0 Å². The van der Waals surface area contributed by atoms with Crippen molar-refractivity contribution in [3.63, 3.8) is 0 Å². The first-order valence-electron chi connectivity index (χ1n) is 10.5. The van der Waals surface area contributed by atoms with Crippen molar-refractivity contribution >= 4 is 60.8 Å². The second-order valence-corrected chi connectivity index (χ2v) is 10.8. The van der Waals surface area contributed by atoms with Gasteiger partial charge in [0.2, 0.25) is 5.91 Å². The highest BCUT2D eigenvalue weighted by molar-refractivity contribution is 7.85. The number of anilines is 2. The number of hydrogen-bond acceptors (Lipinski definition) is 7. The third-order valence-electron chi connectivity index (χ3n) is 5.65. The number of nitrogens with zero attached hydrogens (tertiary/aromatic N) is 4. The Balaban J connectivity index is 0.000000471. The molecule has 2 aliphatic heterocycles. The lowest BCUT2D eigenvalue weighted by Crippen LogP contribution is -2.49. The highest BCUT2D eigenvalue weighted by Crippen LogP contribution is 2.32. The van der Waals surface area contributed by atoms with E-state index in [1.807, 2.05) is 23.1 Å². The molecule has 8 nitrogen and oxygen atoms in total. The van der Waals surface area contributed by atoms with Crippen molar-refractivity contribution in [2.75, 3.05) is 55.3 Å². The summed E-state index contributed by atoms with van der Waals surface area (Å²) in [5, 5.41) is 1.93. The van der Waals surface area contributed by atoms with Crippen molar-refractivity contribution in [3.8, 4) is 0 Å². The van der Waals surface area contributed by atoms with E-state index >= 15 is 0 Å². The van der Waals surface area contributed by atoms with Crippen LogP contribution in [0.4, 0.5) is 11.5 Å². The number of aromatic nitrogens is 1. The SMILES string of the molecule is CS(=O)(=O)O.O=C1Cc2ccc(Cl)cc2N1CCN1CCN(c2nsc3ccccc23)CC1. The molecule has 1 saturated heterocycles. The van der Waals surface area contributed by atoms with Gasteiger partial charge >= 0.3 is 0 Å². The molecule has 0 spiro atoms. The van der Waals surface area contributed by atoms with Gasteiger partial charge < -0.3 is 9.80 Å². The third-order valence-corrected chi connectivity index (χ3v) is 6.70. The summed E-state index contributed by atoms with van der Waals surface area (Å²) in [5.74, 6) is 1.28. The number of amides is 1. The summed E-state index contributed by atoms with van der Waals surface area (Å²) in [6, 6.07) is 14.2. The Morgan fingerprint density at radius 3 is 2.52 bits per heavy atom. The highest BCUT2D eigenvalue weighted by Gasteiger charge is 2.28. The second-order valence-electron chi connectivity index (χ2n) is 8.06. The molecular weight excluding hydrogens is 484 g/mol. The summed E-state index contributed by atoms with van der Waals surface area (Å²) in [4.78, 5) is 19.1. The molecule has 3 aromatic rings. The number of fused-ring (bicyclic) bond motifs is 2. The van der Waals surface area contributed by atoms with Gasteiger partial charge in [-0.25, -0.2) is 0 Å². The van der Waals surface area contributed by atoms with Crippen LogP contribution < -0.4 is 9.80 Å². The Morgan fingerprint density at radius 2 is 1.79 bits per heavy atom.